The normalized spacial score (nSPS) is 17.5. The van der Waals surface area contributed by atoms with Gasteiger partial charge in [0.25, 0.3) is 0 Å². The van der Waals surface area contributed by atoms with Crippen molar-refractivity contribution in [1.82, 2.24) is 9.97 Å². The van der Waals surface area contributed by atoms with Gasteiger partial charge in [0.15, 0.2) is 0 Å². The minimum absolute atomic E-state index is 0.545. The minimum atomic E-state index is 0.545. The van der Waals surface area contributed by atoms with Gasteiger partial charge in [0, 0.05) is 12.2 Å². The molecule has 3 nitrogen and oxygen atoms in total. The number of nitrogens with one attached hydrogen (secondary N) is 1. The number of halogens is 1. The molecule has 0 spiro atoms. The Bertz CT molecular complexity index is 325. The molecule has 1 unspecified atom stereocenters. The zero-order chi connectivity index (χ0) is 10.7. The van der Waals surface area contributed by atoms with Crippen molar-refractivity contribution in [3.8, 4) is 0 Å². The van der Waals surface area contributed by atoms with Gasteiger partial charge >= 0.3 is 0 Å². The van der Waals surface area contributed by atoms with Crippen molar-refractivity contribution in [1.29, 1.82) is 0 Å². The summed E-state index contributed by atoms with van der Waals surface area (Å²) in [5, 5.41) is 3.47. The Labute approximate surface area is 98.8 Å². The third-order valence-corrected chi connectivity index (χ3v) is 3.40. The first-order chi connectivity index (χ1) is 7.29. The van der Waals surface area contributed by atoms with E-state index in [1.54, 1.807) is 12.5 Å². The second kappa shape index (κ2) is 4.92. The van der Waals surface area contributed by atoms with Gasteiger partial charge in [0.2, 0.25) is 0 Å². The summed E-state index contributed by atoms with van der Waals surface area (Å²) >= 11 is 3.45. The summed E-state index contributed by atoms with van der Waals surface area (Å²) < 4.78 is 0.944. The van der Waals surface area contributed by atoms with Crippen LogP contribution in [0.1, 0.15) is 32.6 Å². The Hall–Kier alpha value is -0.640. The molecule has 1 aromatic rings. The number of anilines is 1. The highest BCUT2D eigenvalue weighted by atomic mass is 79.9. The van der Waals surface area contributed by atoms with E-state index < -0.39 is 0 Å². The van der Waals surface area contributed by atoms with Gasteiger partial charge in [-0.3, -0.25) is 0 Å². The average molecular weight is 270 g/mol. The van der Waals surface area contributed by atoms with E-state index in [2.05, 4.69) is 38.1 Å². The fourth-order valence-electron chi connectivity index (χ4n) is 1.70. The van der Waals surface area contributed by atoms with Crippen molar-refractivity contribution in [2.75, 3.05) is 5.32 Å². The molecule has 0 saturated heterocycles. The number of aromatic nitrogens is 2. The lowest BCUT2D eigenvalue weighted by molar-refractivity contribution is 0.584. The second-order valence-corrected chi connectivity index (χ2v) is 5.00. The first-order valence-corrected chi connectivity index (χ1v) is 6.31. The lowest BCUT2D eigenvalue weighted by Crippen LogP contribution is -2.20. The van der Waals surface area contributed by atoms with Gasteiger partial charge < -0.3 is 5.32 Å². The standard InChI is InChI=1S/C11H16BrN3/c1-2-9(5-8-3-4-8)15-11-10(12)6-13-7-14-11/h6-9H,2-5H2,1H3,(H,13,14,15). The summed E-state index contributed by atoms with van der Waals surface area (Å²) in [5.74, 6) is 1.86. The first-order valence-electron chi connectivity index (χ1n) is 5.51. The van der Waals surface area contributed by atoms with Crippen molar-refractivity contribution in [3.05, 3.63) is 17.0 Å². The van der Waals surface area contributed by atoms with Crippen molar-refractivity contribution >= 4 is 21.7 Å². The summed E-state index contributed by atoms with van der Waals surface area (Å²) in [5.41, 5.74) is 0. The predicted octanol–water partition coefficient (Wildman–Crippen LogP) is 3.23. The van der Waals surface area contributed by atoms with E-state index in [0.717, 1.165) is 22.6 Å². The molecule has 1 atom stereocenters. The zero-order valence-corrected chi connectivity index (χ0v) is 10.5. The molecule has 2 rings (SSSR count). The fraction of sp³-hybridized carbons (Fsp3) is 0.636. The van der Waals surface area contributed by atoms with Crippen molar-refractivity contribution in [2.24, 2.45) is 5.92 Å². The van der Waals surface area contributed by atoms with E-state index >= 15 is 0 Å². The van der Waals surface area contributed by atoms with Crippen LogP contribution in [0.15, 0.2) is 17.0 Å². The lowest BCUT2D eigenvalue weighted by atomic mass is 10.1. The molecule has 0 amide bonds. The summed E-state index contributed by atoms with van der Waals surface area (Å²) in [6.45, 7) is 2.22. The van der Waals surface area contributed by atoms with Gasteiger partial charge in [-0.05, 0) is 34.7 Å². The predicted molar refractivity (Wildman–Crippen MR) is 64.8 cm³/mol. The van der Waals surface area contributed by atoms with Gasteiger partial charge in [-0.2, -0.15) is 0 Å². The molecule has 0 aliphatic heterocycles. The van der Waals surface area contributed by atoms with Crippen LogP contribution in [-0.2, 0) is 0 Å². The zero-order valence-electron chi connectivity index (χ0n) is 8.91. The van der Waals surface area contributed by atoms with Crippen LogP contribution in [-0.4, -0.2) is 16.0 Å². The van der Waals surface area contributed by atoms with Crippen LogP contribution in [0.2, 0.25) is 0 Å². The molecule has 0 aromatic carbocycles. The Morgan fingerprint density at radius 2 is 2.40 bits per heavy atom. The maximum Gasteiger partial charge on any atom is 0.143 e. The van der Waals surface area contributed by atoms with Crippen LogP contribution in [0.3, 0.4) is 0 Å². The largest absolute Gasteiger partial charge is 0.366 e. The maximum absolute atomic E-state index is 4.22. The minimum Gasteiger partial charge on any atom is -0.366 e. The molecule has 1 saturated carbocycles. The van der Waals surface area contributed by atoms with Gasteiger partial charge in [-0.15, -0.1) is 0 Å². The van der Waals surface area contributed by atoms with Gasteiger partial charge in [0.05, 0.1) is 4.47 Å². The average Bonchev–Trinajstić information content (AvgIpc) is 3.04. The van der Waals surface area contributed by atoms with Crippen LogP contribution in [0, 0.1) is 5.92 Å². The lowest BCUT2D eigenvalue weighted by Gasteiger charge is -2.17. The van der Waals surface area contributed by atoms with Crippen LogP contribution in [0.4, 0.5) is 5.82 Å². The van der Waals surface area contributed by atoms with E-state index in [0.29, 0.717) is 6.04 Å². The SMILES string of the molecule is CCC(CC1CC1)Nc1ncncc1Br. The van der Waals surface area contributed by atoms with Crippen LogP contribution >= 0.6 is 15.9 Å². The third-order valence-electron chi connectivity index (χ3n) is 2.82. The summed E-state index contributed by atoms with van der Waals surface area (Å²) in [6, 6.07) is 0.545. The van der Waals surface area contributed by atoms with Gasteiger partial charge in [-0.1, -0.05) is 19.8 Å². The monoisotopic (exact) mass is 269 g/mol. The van der Waals surface area contributed by atoms with Gasteiger partial charge in [-0.25, -0.2) is 9.97 Å². The molecule has 1 aromatic heterocycles. The number of rotatable bonds is 5. The maximum atomic E-state index is 4.22. The molecule has 1 fully saturated rings. The van der Waals surface area contributed by atoms with E-state index in [1.807, 2.05) is 0 Å². The van der Waals surface area contributed by atoms with E-state index in [4.69, 9.17) is 0 Å². The molecule has 1 heterocycles. The summed E-state index contributed by atoms with van der Waals surface area (Å²) in [7, 11) is 0. The molecular weight excluding hydrogens is 254 g/mol. The highest BCUT2D eigenvalue weighted by molar-refractivity contribution is 9.10. The van der Waals surface area contributed by atoms with Crippen molar-refractivity contribution in [3.63, 3.8) is 0 Å². The molecule has 1 N–H and O–H groups in total. The Morgan fingerprint density at radius 3 is 3.00 bits per heavy atom. The summed E-state index contributed by atoms with van der Waals surface area (Å²) in [4.78, 5) is 8.18. The Morgan fingerprint density at radius 1 is 1.60 bits per heavy atom. The number of hydrogen-bond donors (Lipinski definition) is 1. The van der Waals surface area contributed by atoms with Gasteiger partial charge in [0.1, 0.15) is 12.1 Å². The molecule has 0 bridgehead atoms. The smallest absolute Gasteiger partial charge is 0.143 e. The number of nitrogens with zero attached hydrogens (tertiary/aromatic N) is 2. The van der Waals surface area contributed by atoms with Crippen molar-refractivity contribution in [2.45, 2.75) is 38.6 Å². The molecule has 4 heteroatoms. The molecule has 1 aliphatic carbocycles. The Balaban J connectivity index is 1.95. The van der Waals surface area contributed by atoms with Crippen LogP contribution in [0.25, 0.3) is 0 Å². The van der Waals surface area contributed by atoms with E-state index in [-0.39, 0.29) is 0 Å². The molecule has 82 valence electrons. The highest BCUT2D eigenvalue weighted by Crippen LogP contribution is 2.35. The quantitative estimate of drug-likeness (QED) is 0.892. The van der Waals surface area contributed by atoms with E-state index in [1.165, 1.54) is 19.3 Å². The fourth-order valence-corrected chi connectivity index (χ4v) is 2.03. The molecule has 15 heavy (non-hydrogen) atoms. The second-order valence-electron chi connectivity index (χ2n) is 4.15. The first kappa shape index (κ1) is 10.9. The third kappa shape index (κ3) is 3.16. The topological polar surface area (TPSA) is 37.8 Å². The molecule has 1 aliphatic rings. The summed E-state index contributed by atoms with van der Waals surface area (Å²) in [6.07, 6.45) is 8.59. The number of hydrogen-bond acceptors (Lipinski definition) is 3. The van der Waals surface area contributed by atoms with Crippen molar-refractivity contribution < 1.29 is 0 Å². The molecule has 0 radical (unpaired) electrons. The van der Waals surface area contributed by atoms with Crippen LogP contribution in [0.5, 0.6) is 0 Å². The van der Waals surface area contributed by atoms with Crippen LogP contribution < -0.4 is 5.32 Å². The highest BCUT2D eigenvalue weighted by Gasteiger charge is 2.24. The Kier molecular flexibility index (Phi) is 3.57. The van der Waals surface area contributed by atoms with E-state index in [9.17, 15) is 0 Å². The molecular formula is C11H16BrN3.